The summed E-state index contributed by atoms with van der Waals surface area (Å²) in [6.07, 6.45) is 1.45. The van der Waals surface area contributed by atoms with Gasteiger partial charge in [0.2, 0.25) is 0 Å². The fourth-order valence-electron chi connectivity index (χ4n) is 1.55. The molecule has 0 unspecified atom stereocenters. The molecule has 0 radical (unpaired) electrons. The zero-order chi connectivity index (χ0) is 14.0. The van der Waals surface area contributed by atoms with E-state index in [1.165, 1.54) is 30.5 Å². The fraction of sp³-hybridized carbons (Fsp3) is 0.0833. The monoisotopic (exact) mass is 300 g/mol. The van der Waals surface area contributed by atoms with E-state index in [1.54, 1.807) is 6.92 Å². The molecule has 0 aliphatic rings. The molecule has 0 saturated heterocycles. The van der Waals surface area contributed by atoms with Crippen LogP contribution in [-0.2, 0) is 10.0 Å². The summed E-state index contributed by atoms with van der Waals surface area (Å²) >= 11 is 5.74. The van der Waals surface area contributed by atoms with Crippen LogP contribution in [0.4, 0.5) is 10.1 Å². The molecular weight excluding hydrogens is 291 g/mol. The van der Waals surface area contributed by atoms with Crippen LogP contribution in [0.1, 0.15) is 5.69 Å². The van der Waals surface area contributed by atoms with Gasteiger partial charge in [-0.15, -0.1) is 0 Å². The van der Waals surface area contributed by atoms with E-state index >= 15 is 0 Å². The van der Waals surface area contributed by atoms with Crippen molar-refractivity contribution in [3.8, 4) is 0 Å². The number of aryl methyl sites for hydroxylation is 1. The highest BCUT2D eigenvalue weighted by Crippen LogP contribution is 2.26. The number of rotatable bonds is 3. The third kappa shape index (κ3) is 3.02. The Morgan fingerprint density at radius 2 is 2.05 bits per heavy atom. The molecule has 1 N–H and O–H groups in total. The number of nitrogens with one attached hydrogen (secondary N) is 1. The van der Waals surface area contributed by atoms with Crippen molar-refractivity contribution in [1.29, 1.82) is 0 Å². The molecule has 0 aliphatic heterocycles. The first-order valence-corrected chi connectivity index (χ1v) is 7.16. The summed E-state index contributed by atoms with van der Waals surface area (Å²) < 4.78 is 40.1. The summed E-state index contributed by atoms with van der Waals surface area (Å²) in [5.74, 6) is -0.897. The van der Waals surface area contributed by atoms with Gasteiger partial charge in [0.05, 0.1) is 10.7 Å². The average Bonchev–Trinajstić information content (AvgIpc) is 2.27. The Kier molecular flexibility index (Phi) is 3.73. The second-order valence-corrected chi connectivity index (χ2v) is 5.87. The van der Waals surface area contributed by atoms with Gasteiger partial charge < -0.3 is 0 Å². The molecule has 0 spiro atoms. The molecule has 1 aromatic carbocycles. The molecule has 2 rings (SSSR count). The number of sulfonamides is 1. The number of halogens is 2. The van der Waals surface area contributed by atoms with E-state index in [1.807, 2.05) is 0 Å². The molecule has 0 atom stereocenters. The second-order valence-electron chi connectivity index (χ2n) is 3.84. The van der Waals surface area contributed by atoms with Crippen molar-refractivity contribution in [2.24, 2.45) is 0 Å². The zero-order valence-corrected chi connectivity index (χ0v) is 11.5. The standard InChI is InChI=1S/C12H10ClFN2O2S/c1-8-7-9(5-6-15-8)16-19(17,18)12-10(13)3-2-4-11(12)14/h2-7H,1H3,(H,15,16). The largest absolute Gasteiger partial charge is 0.279 e. The summed E-state index contributed by atoms with van der Waals surface area (Å²) in [6.45, 7) is 1.72. The van der Waals surface area contributed by atoms with Crippen molar-refractivity contribution in [1.82, 2.24) is 4.98 Å². The third-order valence-corrected chi connectivity index (χ3v) is 4.22. The quantitative estimate of drug-likeness (QED) is 0.948. The van der Waals surface area contributed by atoms with E-state index < -0.39 is 20.7 Å². The van der Waals surface area contributed by atoms with Gasteiger partial charge in [-0.2, -0.15) is 0 Å². The van der Waals surface area contributed by atoms with Crippen molar-refractivity contribution >= 4 is 27.3 Å². The van der Waals surface area contributed by atoms with Crippen molar-refractivity contribution in [3.63, 3.8) is 0 Å². The molecule has 4 nitrogen and oxygen atoms in total. The number of nitrogens with zero attached hydrogens (tertiary/aromatic N) is 1. The molecule has 100 valence electrons. The molecular formula is C12H10ClFN2O2S. The summed E-state index contributed by atoms with van der Waals surface area (Å²) in [4.78, 5) is 3.38. The van der Waals surface area contributed by atoms with Gasteiger partial charge in [-0.3, -0.25) is 9.71 Å². The Bertz CT molecular complexity index is 699. The minimum absolute atomic E-state index is 0.168. The van der Waals surface area contributed by atoms with Gasteiger partial charge in [-0.05, 0) is 31.2 Å². The Hall–Kier alpha value is -1.66. The highest BCUT2D eigenvalue weighted by molar-refractivity contribution is 7.92. The van der Waals surface area contributed by atoms with Gasteiger partial charge >= 0.3 is 0 Å². The van der Waals surface area contributed by atoms with Gasteiger partial charge in [0.25, 0.3) is 10.0 Å². The van der Waals surface area contributed by atoms with Gasteiger partial charge in [0.15, 0.2) is 0 Å². The summed E-state index contributed by atoms with van der Waals surface area (Å²) in [6, 6.07) is 6.70. The lowest BCUT2D eigenvalue weighted by Gasteiger charge is -2.10. The predicted molar refractivity (Wildman–Crippen MR) is 71.2 cm³/mol. The highest BCUT2D eigenvalue weighted by Gasteiger charge is 2.22. The van der Waals surface area contributed by atoms with Crippen LogP contribution in [0, 0.1) is 12.7 Å². The number of benzene rings is 1. The minimum Gasteiger partial charge on any atom is -0.279 e. The SMILES string of the molecule is Cc1cc(NS(=O)(=O)c2c(F)cccc2Cl)ccn1. The van der Waals surface area contributed by atoms with Gasteiger partial charge in [0, 0.05) is 11.9 Å². The van der Waals surface area contributed by atoms with E-state index in [4.69, 9.17) is 11.6 Å². The Morgan fingerprint density at radius 3 is 2.68 bits per heavy atom. The first-order valence-electron chi connectivity index (χ1n) is 5.29. The van der Waals surface area contributed by atoms with Crippen LogP contribution in [0.25, 0.3) is 0 Å². The Labute approximate surface area is 115 Å². The maximum absolute atomic E-state index is 13.6. The van der Waals surface area contributed by atoms with Crippen LogP contribution in [0.5, 0.6) is 0 Å². The van der Waals surface area contributed by atoms with E-state index in [9.17, 15) is 12.8 Å². The summed E-state index contributed by atoms with van der Waals surface area (Å²) in [5, 5.41) is -0.168. The molecule has 1 heterocycles. The van der Waals surface area contributed by atoms with E-state index in [0.29, 0.717) is 11.4 Å². The molecule has 0 amide bonds. The molecule has 19 heavy (non-hydrogen) atoms. The summed E-state index contributed by atoms with van der Waals surface area (Å²) in [5.41, 5.74) is 0.937. The topological polar surface area (TPSA) is 59.1 Å². The fourth-order valence-corrected chi connectivity index (χ4v) is 3.21. The lowest BCUT2D eigenvalue weighted by atomic mass is 10.3. The Morgan fingerprint density at radius 1 is 1.32 bits per heavy atom. The van der Waals surface area contributed by atoms with Crippen LogP contribution in [0.3, 0.4) is 0 Å². The maximum Gasteiger partial charge on any atom is 0.266 e. The number of hydrogen-bond acceptors (Lipinski definition) is 3. The van der Waals surface area contributed by atoms with Crippen LogP contribution >= 0.6 is 11.6 Å². The predicted octanol–water partition coefficient (Wildman–Crippen LogP) is 2.98. The van der Waals surface area contributed by atoms with Crippen molar-refractivity contribution in [3.05, 3.63) is 53.1 Å². The molecule has 0 bridgehead atoms. The number of hydrogen-bond donors (Lipinski definition) is 1. The molecule has 0 aliphatic carbocycles. The van der Waals surface area contributed by atoms with E-state index in [-0.39, 0.29) is 5.02 Å². The van der Waals surface area contributed by atoms with Crippen molar-refractivity contribution in [2.75, 3.05) is 4.72 Å². The van der Waals surface area contributed by atoms with E-state index in [2.05, 4.69) is 9.71 Å². The first-order chi connectivity index (χ1) is 8.90. The summed E-state index contributed by atoms with van der Waals surface area (Å²) in [7, 11) is -4.08. The smallest absolute Gasteiger partial charge is 0.266 e. The number of anilines is 1. The van der Waals surface area contributed by atoms with Gasteiger partial charge in [0.1, 0.15) is 10.7 Å². The van der Waals surface area contributed by atoms with E-state index in [0.717, 1.165) is 6.07 Å². The lowest BCUT2D eigenvalue weighted by Crippen LogP contribution is -2.15. The number of pyridine rings is 1. The van der Waals surface area contributed by atoms with Gasteiger partial charge in [-0.1, -0.05) is 17.7 Å². The second kappa shape index (κ2) is 5.14. The van der Waals surface area contributed by atoms with Crippen LogP contribution in [0.2, 0.25) is 5.02 Å². The normalized spacial score (nSPS) is 11.3. The minimum atomic E-state index is -4.08. The molecule has 0 fully saturated rings. The molecule has 2 aromatic rings. The lowest BCUT2D eigenvalue weighted by molar-refractivity contribution is 0.570. The maximum atomic E-state index is 13.6. The molecule has 0 saturated carbocycles. The van der Waals surface area contributed by atoms with Crippen molar-refractivity contribution in [2.45, 2.75) is 11.8 Å². The zero-order valence-electron chi connectivity index (χ0n) is 9.89. The van der Waals surface area contributed by atoms with Gasteiger partial charge in [-0.25, -0.2) is 12.8 Å². The van der Waals surface area contributed by atoms with Crippen LogP contribution in [-0.4, -0.2) is 13.4 Å². The molecule has 1 aromatic heterocycles. The Balaban J connectivity index is 2.44. The van der Waals surface area contributed by atoms with Crippen LogP contribution < -0.4 is 4.72 Å². The first kappa shape index (κ1) is 13.8. The third-order valence-electron chi connectivity index (χ3n) is 2.34. The van der Waals surface area contributed by atoms with Crippen molar-refractivity contribution < 1.29 is 12.8 Å². The van der Waals surface area contributed by atoms with Crippen LogP contribution in [0.15, 0.2) is 41.4 Å². The highest BCUT2D eigenvalue weighted by atomic mass is 35.5. The number of aromatic nitrogens is 1. The average molecular weight is 301 g/mol. The molecule has 7 heteroatoms.